The molecule has 2 aliphatic rings. The molecule has 3 atom stereocenters. The van der Waals surface area contributed by atoms with Crippen LogP contribution in [-0.4, -0.2) is 40.1 Å². The first-order chi connectivity index (χ1) is 22.7. The van der Waals surface area contributed by atoms with E-state index in [1.165, 1.54) is 41.0 Å². The van der Waals surface area contributed by atoms with Crippen LogP contribution in [0.2, 0.25) is 0 Å². The minimum Gasteiger partial charge on any atom is -0.462 e. The summed E-state index contributed by atoms with van der Waals surface area (Å²) in [6.45, 7) is 1.59. The van der Waals surface area contributed by atoms with Gasteiger partial charge in [-0.05, 0) is 71.8 Å². The van der Waals surface area contributed by atoms with E-state index in [0.717, 1.165) is 38.8 Å². The fourth-order valence-electron chi connectivity index (χ4n) is 6.11. The maximum Gasteiger partial charge on any atom is 0.338 e. The molecule has 0 radical (unpaired) electrons. The molecule has 3 heterocycles. The van der Waals surface area contributed by atoms with Crippen LogP contribution in [0.5, 0.6) is 0 Å². The molecule has 9 nitrogen and oxygen atoms in total. The Balaban J connectivity index is 1.23. The number of hydrogen-bond acceptors (Lipinski definition) is 8. The molecule has 12 heteroatoms. The van der Waals surface area contributed by atoms with Crippen molar-refractivity contribution in [2.45, 2.75) is 29.7 Å². The van der Waals surface area contributed by atoms with E-state index in [0.29, 0.717) is 21.2 Å². The first-order valence-corrected chi connectivity index (χ1v) is 16.5. The van der Waals surface area contributed by atoms with E-state index < -0.39 is 51.5 Å². The van der Waals surface area contributed by atoms with Gasteiger partial charge in [0, 0.05) is 16.5 Å². The second kappa shape index (κ2) is 12.3. The number of hydrogen-bond donors (Lipinski definition) is 1. The Bertz CT molecular complexity index is 2130. The summed E-state index contributed by atoms with van der Waals surface area (Å²) in [6.07, 6.45) is 0. The third kappa shape index (κ3) is 5.53. The zero-order chi connectivity index (χ0) is 32.8. The van der Waals surface area contributed by atoms with Gasteiger partial charge < -0.3 is 10.1 Å². The van der Waals surface area contributed by atoms with Crippen molar-refractivity contribution < 1.29 is 28.3 Å². The fraction of sp³-hybridized carbons (Fsp3) is 0.171. The standard InChI is InChI=1S/C35H26FN3O6S2/c1-2-45-34(43)21-10-15-25(16-11-21)39-31(41)28-27(20-7-12-23(36)13-8-20)30-33(46-29(28)32(39)42)38(35(44)47-30)18-26(40)37-24-14-9-19-5-3-4-6-22(19)17-24/h3-17,27-29H,2,18H2,1H3,(H,37,40). The Kier molecular flexibility index (Phi) is 7.98. The van der Waals surface area contributed by atoms with Gasteiger partial charge >= 0.3 is 10.8 Å². The molecule has 4 aromatic carbocycles. The molecule has 0 saturated carbocycles. The number of benzene rings is 4. The number of carbonyl (C=O) groups is 4. The monoisotopic (exact) mass is 667 g/mol. The second-order valence-corrected chi connectivity index (χ2v) is 13.2. The highest BCUT2D eigenvalue weighted by Gasteiger charge is 2.56. The number of ether oxygens (including phenoxy) is 1. The third-order valence-corrected chi connectivity index (χ3v) is 10.9. The van der Waals surface area contributed by atoms with E-state index >= 15 is 0 Å². The maximum atomic E-state index is 14.1. The SMILES string of the molecule is CCOC(=O)c1ccc(N2C(=O)C3Sc4c(sc(=O)n4CC(=O)Nc4ccc5ccccc5c4)C(c4ccc(F)cc4)C3C2=O)cc1. The molecule has 1 saturated heterocycles. The number of halogens is 1. The molecule has 0 aliphatic carbocycles. The quantitative estimate of drug-likeness (QED) is 0.172. The summed E-state index contributed by atoms with van der Waals surface area (Å²) in [5, 5.41) is 4.33. The highest BCUT2D eigenvalue weighted by molar-refractivity contribution is 8.00. The molecule has 0 bridgehead atoms. The average molecular weight is 668 g/mol. The van der Waals surface area contributed by atoms with Crippen LogP contribution in [0.25, 0.3) is 10.8 Å². The van der Waals surface area contributed by atoms with E-state index in [2.05, 4.69) is 5.32 Å². The lowest BCUT2D eigenvalue weighted by atomic mass is 9.83. The topological polar surface area (TPSA) is 115 Å². The van der Waals surface area contributed by atoms with Gasteiger partial charge in [0.05, 0.1) is 28.8 Å². The van der Waals surface area contributed by atoms with Gasteiger partial charge in [0.2, 0.25) is 17.7 Å². The lowest BCUT2D eigenvalue weighted by molar-refractivity contribution is -0.122. The number of aromatic nitrogens is 1. The smallest absolute Gasteiger partial charge is 0.338 e. The summed E-state index contributed by atoms with van der Waals surface area (Å²) in [5.41, 5.74) is 1.71. The number of nitrogens with one attached hydrogen (secondary N) is 1. The normalized spacial score (nSPS) is 18.6. The van der Waals surface area contributed by atoms with E-state index in [1.54, 1.807) is 25.1 Å². The van der Waals surface area contributed by atoms with Gasteiger partial charge in [-0.3, -0.25) is 23.7 Å². The first kappa shape index (κ1) is 30.6. The Morgan fingerprint density at radius 1 is 0.894 bits per heavy atom. The Labute approximate surface area is 276 Å². The van der Waals surface area contributed by atoms with Crippen LogP contribution in [0, 0.1) is 11.7 Å². The van der Waals surface area contributed by atoms with Gasteiger partial charge in [-0.25, -0.2) is 14.1 Å². The van der Waals surface area contributed by atoms with Crippen LogP contribution in [0.15, 0.2) is 101 Å². The van der Waals surface area contributed by atoms with Gasteiger partial charge in [0.15, 0.2) is 0 Å². The predicted molar refractivity (Wildman–Crippen MR) is 177 cm³/mol. The van der Waals surface area contributed by atoms with Crippen LogP contribution in [0.3, 0.4) is 0 Å². The van der Waals surface area contributed by atoms with Crippen molar-refractivity contribution >= 4 is 68.9 Å². The Morgan fingerprint density at radius 2 is 1.62 bits per heavy atom. The zero-order valence-corrected chi connectivity index (χ0v) is 26.5. The molecular weight excluding hydrogens is 642 g/mol. The molecule has 0 spiro atoms. The van der Waals surface area contributed by atoms with E-state index in [9.17, 15) is 28.4 Å². The number of thioether (sulfide) groups is 1. The summed E-state index contributed by atoms with van der Waals surface area (Å²) in [4.78, 5) is 68.1. The number of imide groups is 1. The van der Waals surface area contributed by atoms with Crippen LogP contribution in [0.4, 0.5) is 15.8 Å². The lowest BCUT2D eigenvalue weighted by Crippen LogP contribution is -2.33. The van der Waals surface area contributed by atoms with Crippen molar-refractivity contribution in [2.75, 3.05) is 16.8 Å². The number of nitrogens with zero attached hydrogens (tertiary/aromatic N) is 2. The zero-order valence-electron chi connectivity index (χ0n) is 24.8. The first-order valence-electron chi connectivity index (χ1n) is 14.8. The Hall–Kier alpha value is -5.07. The van der Waals surface area contributed by atoms with Gasteiger partial charge in [-0.15, -0.1) is 0 Å². The van der Waals surface area contributed by atoms with E-state index in [4.69, 9.17) is 4.74 Å². The molecular formula is C35H26FN3O6S2. The molecule has 7 rings (SSSR count). The van der Waals surface area contributed by atoms with Crippen LogP contribution in [0.1, 0.15) is 33.6 Å². The van der Waals surface area contributed by atoms with Crippen LogP contribution < -0.4 is 15.1 Å². The molecule has 3 amide bonds. The van der Waals surface area contributed by atoms with Crippen molar-refractivity contribution in [3.8, 4) is 0 Å². The van der Waals surface area contributed by atoms with Crippen molar-refractivity contribution in [3.63, 3.8) is 0 Å². The highest BCUT2D eigenvalue weighted by atomic mass is 32.2. The number of esters is 1. The van der Waals surface area contributed by atoms with Gasteiger partial charge in [-0.2, -0.15) is 0 Å². The van der Waals surface area contributed by atoms with Gasteiger partial charge in [-0.1, -0.05) is 65.6 Å². The minimum absolute atomic E-state index is 0.204. The number of fused-ring (bicyclic) bond motifs is 3. The van der Waals surface area contributed by atoms with Crippen molar-refractivity contribution in [2.24, 2.45) is 5.92 Å². The largest absolute Gasteiger partial charge is 0.462 e. The number of rotatable bonds is 7. The second-order valence-electron chi connectivity index (χ2n) is 11.1. The van der Waals surface area contributed by atoms with E-state index in [1.807, 2.05) is 36.4 Å². The van der Waals surface area contributed by atoms with Gasteiger partial charge in [0.25, 0.3) is 0 Å². The van der Waals surface area contributed by atoms with E-state index in [-0.39, 0.29) is 24.4 Å². The maximum absolute atomic E-state index is 14.1. The summed E-state index contributed by atoms with van der Waals surface area (Å²) < 4.78 is 20.4. The summed E-state index contributed by atoms with van der Waals surface area (Å²) >= 11 is 2.00. The summed E-state index contributed by atoms with van der Waals surface area (Å²) in [6, 6.07) is 24.9. The van der Waals surface area contributed by atoms with Crippen molar-refractivity contribution in [3.05, 3.63) is 122 Å². The number of carbonyl (C=O) groups excluding carboxylic acids is 4. The molecule has 236 valence electrons. The summed E-state index contributed by atoms with van der Waals surface area (Å²) in [7, 11) is 0. The lowest BCUT2D eigenvalue weighted by Gasteiger charge is -2.30. The molecule has 3 unspecified atom stereocenters. The molecule has 1 aromatic heterocycles. The number of anilines is 2. The Morgan fingerprint density at radius 3 is 2.34 bits per heavy atom. The van der Waals surface area contributed by atoms with Crippen molar-refractivity contribution in [1.29, 1.82) is 0 Å². The highest BCUT2D eigenvalue weighted by Crippen LogP contribution is 2.53. The number of amides is 3. The fourth-order valence-corrected chi connectivity index (χ4v) is 8.88. The molecule has 2 aliphatic heterocycles. The molecule has 1 fully saturated rings. The van der Waals surface area contributed by atoms with Crippen molar-refractivity contribution in [1.82, 2.24) is 4.57 Å². The molecule has 5 aromatic rings. The minimum atomic E-state index is -0.918. The molecule has 1 N–H and O–H groups in total. The number of thiazole rings is 1. The average Bonchev–Trinajstić information content (AvgIpc) is 3.51. The predicted octanol–water partition coefficient (Wildman–Crippen LogP) is 5.81. The summed E-state index contributed by atoms with van der Waals surface area (Å²) in [5.74, 6) is -4.01. The molecule has 47 heavy (non-hydrogen) atoms. The van der Waals surface area contributed by atoms with Crippen LogP contribution >= 0.6 is 23.1 Å². The van der Waals surface area contributed by atoms with Crippen LogP contribution in [-0.2, 0) is 25.7 Å². The third-order valence-electron chi connectivity index (χ3n) is 8.25. The van der Waals surface area contributed by atoms with Gasteiger partial charge in [0.1, 0.15) is 17.6 Å².